The Hall–Kier alpha value is -0.940. The van der Waals surface area contributed by atoms with Crippen LogP contribution in [0.1, 0.15) is 5.56 Å². The van der Waals surface area contributed by atoms with E-state index < -0.39 is 0 Å². The third-order valence-corrected chi connectivity index (χ3v) is 3.82. The van der Waals surface area contributed by atoms with E-state index >= 15 is 0 Å². The number of halogens is 1. The van der Waals surface area contributed by atoms with Crippen molar-refractivity contribution in [2.75, 3.05) is 0 Å². The monoisotopic (exact) mass is 271 g/mol. The third kappa shape index (κ3) is 1.42. The molecule has 0 atom stereocenters. The summed E-state index contributed by atoms with van der Waals surface area (Å²) >= 11 is 4.79. The second kappa shape index (κ2) is 3.33. The highest BCUT2D eigenvalue weighted by Gasteiger charge is 2.14. The van der Waals surface area contributed by atoms with E-state index in [0.29, 0.717) is 0 Å². The molecule has 0 N–H and O–H groups in total. The fraction of sp³-hybridized carbons (Fsp3) is 0.111. The number of nitrogens with zero attached hydrogens (tertiary/aromatic N) is 1. The van der Waals surface area contributed by atoms with Crippen molar-refractivity contribution in [3.8, 4) is 0 Å². The second-order valence-corrected chi connectivity index (χ2v) is 4.74. The lowest BCUT2D eigenvalue weighted by molar-refractivity contribution is -0.382. The van der Waals surface area contributed by atoms with Gasteiger partial charge in [0.25, 0.3) is 5.69 Å². The Morgan fingerprint density at radius 2 is 2.21 bits per heavy atom. The van der Waals surface area contributed by atoms with Gasteiger partial charge in [-0.2, -0.15) is 0 Å². The van der Waals surface area contributed by atoms with Gasteiger partial charge in [-0.25, -0.2) is 0 Å². The number of benzene rings is 1. The van der Waals surface area contributed by atoms with Gasteiger partial charge in [0.15, 0.2) is 0 Å². The molecule has 1 aromatic heterocycles. The van der Waals surface area contributed by atoms with Crippen LogP contribution in [0.25, 0.3) is 10.1 Å². The fourth-order valence-corrected chi connectivity index (χ4v) is 2.71. The van der Waals surface area contributed by atoms with Crippen molar-refractivity contribution in [1.29, 1.82) is 0 Å². The Balaban J connectivity index is 2.80. The molecule has 0 aliphatic heterocycles. The molecule has 5 heteroatoms. The Bertz CT molecular complexity index is 521. The second-order valence-electron chi connectivity index (χ2n) is 2.98. The lowest BCUT2D eigenvalue weighted by atomic mass is 10.2. The van der Waals surface area contributed by atoms with Crippen molar-refractivity contribution in [3.63, 3.8) is 0 Å². The number of fused-ring (bicyclic) bond motifs is 1. The summed E-state index contributed by atoms with van der Waals surface area (Å²) in [6.07, 6.45) is 0. The van der Waals surface area contributed by atoms with E-state index in [1.165, 1.54) is 11.3 Å². The average molecular weight is 272 g/mol. The molecule has 1 aromatic carbocycles. The normalized spacial score (nSPS) is 10.7. The van der Waals surface area contributed by atoms with E-state index in [9.17, 15) is 10.1 Å². The summed E-state index contributed by atoms with van der Waals surface area (Å²) in [6, 6.07) is 3.76. The number of nitro groups is 1. The van der Waals surface area contributed by atoms with E-state index in [1.807, 2.05) is 19.1 Å². The van der Waals surface area contributed by atoms with Crippen LogP contribution in [0.4, 0.5) is 5.69 Å². The molecule has 0 amide bonds. The molecule has 72 valence electrons. The summed E-state index contributed by atoms with van der Waals surface area (Å²) in [5.41, 5.74) is 1.21. The van der Waals surface area contributed by atoms with Crippen LogP contribution in [0.2, 0.25) is 0 Å². The SMILES string of the molecule is Cc1cc2c([N+](=O)[O-])csc2cc1Br. The number of thiophene rings is 1. The van der Waals surface area contributed by atoms with Gasteiger partial charge in [0.05, 0.1) is 15.7 Å². The molecule has 2 rings (SSSR count). The van der Waals surface area contributed by atoms with Crippen LogP contribution in [0.3, 0.4) is 0 Å². The first kappa shape index (κ1) is 9.61. The fourth-order valence-electron chi connectivity index (χ4n) is 1.29. The van der Waals surface area contributed by atoms with E-state index in [0.717, 1.165) is 20.1 Å². The minimum absolute atomic E-state index is 0.195. The van der Waals surface area contributed by atoms with Gasteiger partial charge in [-0.05, 0) is 24.6 Å². The summed E-state index contributed by atoms with van der Waals surface area (Å²) in [5, 5.41) is 13.0. The molecule has 0 aliphatic rings. The largest absolute Gasteiger partial charge is 0.287 e. The minimum atomic E-state index is -0.341. The van der Waals surface area contributed by atoms with Crippen LogP contribution < -0.4 is 0 Å². The molecule has 2 aromatic rings. The van der Waals surface area contributed by atoms with Crippen LogP contribution in [0.15, 0.2) is 22.0 Å². The van der Waals surface area contributed by atoms with Gasteiger partial charge in [0.2, 0.25) is 0 Å². The first-order chi connectivity index (χ1) is 6.59. The number of rotatable bonds is 1. The van der Waals surface area contributed by atoms with Gasteiger partial charge < -0.3 is 0 Å². The molecule has 1 heterocycles. The van der Waals surface area contributed by atoms with Gasteiger partial charge in [-0.1, -0.05) is 15.9 Å². The zero-order chi connectivity index (χ0) is 10.3. The van der Waals surface area contributed by atoms with Crippen molar-refractivity contribution in [1.82, 2.24) is 0 Å². The Morgan fingerprint density at radius 3 is 2.86 bits per heavy atom. The van der Waals surface area contributed by atoms with Crippen LogP contribution >= 0.6 is 27.3 Å². The third-order valence-electron chi connectivity index (χ3n) is 2.03. The average Bonchev–Trinajstić information content (AvgIpc) is 2.48. The van der Waals surface area contributed by atoms with Gasteiger partial charge in [-0.3, -0.25) is 10.1 Å². The molecular weight excluding hydrogens is 266 g/mol. The summed E-state index contributed by atoms with van der Waals surface area (Å²) in [6.45, 7) is 1.92. The Kier molecular flexibility index (Phi) is 2.28. The van der Waals surface area contributed by atoms with E-state index in [2.05, 4.69) is 15.9 Å². The number of hydrogen-bond acceptors (Lipinski definition) is 3. The molecule has 0 spiro atoms. The maximum Gasteiger partial charge on any atom is 0.287 e. The molecule has 0 unspecified atom stereocenters. The van der Waals surface area contributed by atoms with Gasteiger partial charge in [0.1, 0.15) is 0 Å². The van der Waals surface area contributed by atoms with Crippen LogP contribution in [0.5, 0.6) is 0 Å². The predicted octanol–water partition coefficient (Wildman–Crippen LogP) is 3.88. The van der Waals surface area contributed by atoms with Gasteiger partial charge in [0, 0.05) is 9.17 Å². The van der Waals surface area contributed by atoms with Crippen molar-refractivity contribution in [3.05, 3.63) is 37.7 Å². The molecule has 0 fully saturated rings. The van der Waals surface area contributed by atoms with E-state index in [-0.39, 0.29) is 10.6 Å². The first-order valence-corrected chi connectivity index (χ1v) is 5.58. The maximum atomic E-state index is 10.7. The molecule has 0 radical (unpaired) electrons. The summed E-state index contributed by atoms with van der Waals surface area (Å²) < 4.78 is 1.93. The first-order valence-electron chi connectivity index (χ1n) is 3.91. The Labute approximate surface area is 92.6 Å². The van der Waals surface area contributed by atoms with Crippen molar-refractivity contribution in [2.24, 2.45) is 0 Å². The highest BCUT2D eigenvalue weighted by molar-refractivity contribution is 9.10. The van der Waals surface area contributed by atoms with Crippen LogP contribution in [0, 0.1) is 17.0 Å². The summed E-state index contributed by atoms with van der Waals surface area (Å²) in [5.74, 6) is 0. The maximum absolute atomic E-state index is 10.7. The quantitative estimate of drug-likeness (QED) is 0.584. The molecule has 0 bridgehead atoms. The van der Waals surface area contributed by atoms with Crippen molar-refractivity contribution in [2.45, 2.75) is 6.92 Å². The van der Waals surface area contributed by atoms with Crippen molar-refractivity contribution < 1.29 is 4.92 Å². The van der Waals surface area contributed by atoms with Crippen LogP contribution in [-0.2, 0) is 0 Å². The molecule has 0 saturated carbocycles. The lowest BCUT2D eigenvalue weighted by Crippen LogP contribution is -1.85. The zero-order valence-electron chi connectivity index (χ0n) is 7.28. The standard InChI is InChI=1S/C9H6BrNO2S/c1-5-2-6-8(11(12)13)4-14-9(6)3-7(5)10/h2-4H,1H3. The molecule has 0 saturated heterocycles. The minimum Gasteiger partial charge on any atom is -0.258 e. The molecule has 14 heavy (non-hydrogen) atoms. The highest BCUT2D eigenvalue weighted by Crippen LogP contribution is 2.35. The topological polar surface area (TPSA) is 43.1 Å². The smallest absolute Gasteiger partial charge is 0.258 e. The van der Waals surface area contributed by atoms with Gasteiger partial charge in [-0.15, -0.1) is 11.3 Å². The highest BCUT2D eigenvalue weighted by atomic mass is 79.9. The van der Waals surface area contributed by atoms with Crippen LogP contribution in [-0.4, -0.2) is 4.92 Å². The Morgan fingerprint density at radius 1 is 1.50 bits per heavy atom. The summed E-state index contributed by atoms with van der Waals surface area (Å²) in [7, 11) is 0. The zero-order valence-corrected chi connectivity index (χ0v) is 9.68. The van der Waals surface area contributed by atoms with Gasteiger partial charge >= 0.3 is 0 Å². The predicted molar refractivity (Wildman–Crippen MR) is 60.9 cm³/mol. The van der Waals surface area contributed by atoms with E-state index in [4.69, 9.17) is 0 Å². The lowest BCUT2D eigenvalue weighted by Gasteiger charge is -1.97. The molecule has 3 nitrogen and oxygen atoms in total. The number of hydrogen-bond donors (Lipinski definition) is 0. The molecule has 0 aliphatic carbocycles. The summed E-state index contributed by atoms with van der Waals surface area (Å²) in [4.78, 5) is 10.3. The number of aryl methyl sites for hydroxylation is 1. The molecular formula is C9H6BrNO2S. The van der Waals surface area contributed by atoms with E-state index in [1.54, 1.807) is 5.38 Å². The van der Waals surface area contributed by atoms with Crippen molar-refractivity contribution >= 4 is 43.0 Å².